The molecule has 0 spiro atoms. The number of rotatable bonds is 0. The number of ketones is 1. The lowest BCUT2D eigenvalue weighted by atomic mass is 10.1. The Bertz CT molecular complexity index is 473. The molecule has 0 radical (unpaired) electrons. The normalized spacial score (nSPS) is 17.3. The van der Waals surface area contributed by atoms with Crippen LogP contribution in [0.4, 0.5) is 0 Å². The van der Waals surface area contributed by atoms with Crippen molar-refractivity contribution in [1.29, 1.82) is 0 Å². The Morgan fingerprint density at radius 3 is 1.93 bits per heavy atom. The van der Waals surface area contributed by atoms with Gasteiger partial charge in [-0.25, -0.2) is 0 Å². The van der Waals surface area contributed by atoms with Crippen molar-refractivity contribution in [3.05, 3.63) is 65.3 Å². The molecule has 66 valence electrons. The Hall–Kier alpha value is -1.89. The van der Waals surface area contributed by atoms with Crippen LogP contribution in [-0.2, 0) is 4.79 Å². The maximum atomic E-state index is 10.9. The zero-order valence-corrected chi connectivity index (χ0v) is 7.53. The van der Waals surface area contributed by atoms with Crippen LogP contribution in [0.25, 0.3) is 5.57 Å². The number of hydrogen-bond donors (Lipinski definition) is 0. The van der Waals surface area contributed by atoms with E-state index in [-0.39, 0.29) is 5.78 Å². The Labute approximate surface area is 82.1 Å². The van der Waals surface area contributed by atoms with Crippen LogP contribution in [0.15, 0.2) is 54.1 Å². The molecule has 0 N–H and O–H groups in total. The molecule has 0 fully saturated rings. The molecule has 2 aliphatic rings. The lowest BCUT2D eigenvalue weighted by molar-refractivity contribution is -0.110. The van der Waals surface area contributed by atoms with E-state index in [9.17, 15) is 4.79 Å². The zero-order chi connectivity index (χ0) is 9.54. The SMILES string of the molecule is O=C1C=CC(=C2c3ccccc32)C=C1. The summed E-state index contributed by atoms with van der Waals surface area (Å²) < 4.78 is 0. The third-order valence-electron chi connectivity index (χ3n) is 2.55. The predicted octanol–water partition coefficient (Wildman–Crippen LogP) is 2.50. The van der Waals surface area contributed by atoms with Gasteiger partial charge in [0.2, 0.25) is 0 Å². The van der Waals surface area contributed by atoms with E-state index >= 15 is 0 Å². The lowest BCUT2D eigenvalue weighted by Crippen LogP contribution is -1.90. The molecule has 0 aliphatic heterocycles. The van der Waals surface area contributed by atoms with Crippen molar-refractivity contribution >= 4 is 11.4 Å². The minimum absolute atomic E-state index is 0.0686. The number of allylic oxidation sites excluding steroid dienone is 5. The highest BCUT2D eigenvalue weighted by molar-refractivity contribution is 6.07. The fourth-order valence-corrected chi connectivity index (χ4v) is 1.80. The maximum Gasteiger partial charge on any atom is 0.178 e. The van der Waals surface area contributed by atoms with E-state index in [1.165, 1.54) is 16.7 Å². The molecule has 0 saturated carbocycles. The summed E-state index contributed by atoms with van der Waals surface area (Å²) in [7, 11) is 0. The first-order valence-electron chi connectivity index (χ1n) is 4.60. The van der Waals surface area contributed by atoms with Crippen LogP contribution in [-0.4, -0.2) is 5.78 Å². The third-order valence-corrected chi connectivity index (χ3v) is 2.55. The van der Waals surface area contributed by atoms with Crippen LogP contribution < -0.4 is 0 Å². The third kappa shape index (κ3) is 0.990. The van der Waals surface area contributed by atoms with E-state index in [4.69, 9.17) is 0 Å². The molecule has 2 aliphatic carbocycles. The maximum absolute atomic E-state index is 10.9. The van der Waals surface area contributed by atoms with Crippen molar-refractivity contribution in [3.63, 3.8) is 0 Å². The largest absolute Gasteiger partial charge is 0.290 e. The van der Waals surface area contributed by atoms with Crippen LogP contribution in [0.5, 0.6) is 0 Å². The molecule has 14 heavy (non-hydrogen) atoms. The van der Waals surface area contributed by atoms with Crippen LogP contribution in [0, 0.1) is 0 Å². The first kappa shape index (κ1) is 7.51. The van der Waals surface area contributed by atoms with Gasteiger partial charge >= 0.3 is 0 Å². The molecule has 0 saturated heterocycles. The molecule has 0 aromatic heterocycles. The Balaban J connectivity index is 2.08. The lowest BCUT2D eigenvalue weighted by Gasteiger charge is -1.96. The molecule has 1 heteroatoms. The van der Waals surface area contributed by atoms with Gasteiger partial charge in [0.15, 0.2) is 5.78 Å². The van der Waals surface area contributed by atoms with Gasteiger partial charge in [-0.05, 0) is 34.4 Å². The smallest absolute Gasteiger partial charge is 0.178 e. The summed E-state index contributed by atoms with van der Waals surface area (Å²) in [5, 5.41) is 0. The first-order chi connectivity index (χ1) is 6.86. The van der Waals surface area contributed by atoms with E-state index in [1.54, 1.807) is 12.2 Å². The summed E-state index contributed by atoms with van der Waals surface area (Å²) >= 11 is 0. The summed E-state index contributed by atoms with van der Waals surface area (Å²) in [6.45, 7) is 0. The van der Waals surface area contributed by atoms with Gasteiger partial charge in [0.1, 0.15) is 0 Å². The number of carbonyl (C=O) groups excluding carboxylic acids is 1. The molecule has 0 amide bonds. The summed E-state index contributed by atoms with van der Waals surface area (Å²) in [6.07, 6.45) is 7.00. The van der Waals surface area contributed by atoms with Gasteiger partial charge in [-0.1, -0.05) is 36.4 Å². The van der Waals surface area contributed by atoms with Gasteiger partial charge in [-0.2, -0.15) is 0 Å². The number of hydrogen-bond acceptors (Lipinski definition) is 1. The monoisotopic (exact) mass is 180 g/mol. The Morgan fingerprint density at radius 1 is 0.786 bits per heavy atom. The van der Waals surface area contributed by atoms with Crippen molar-refractivity contribution in [2.45, 2.75) is 0 Å². The standard InChI is InChI=1S/C13H8O/c14-10-7-5-9(6-8-10)13-11-3-1-2-4-12(11)13/h1-8H. The molecule has 1 nitrogen and oxygen atoms in total. The Kier molecular flexibility index (Phi) is 1.37. The van der Waals surface area contributed by atoms with Gasteiger partial charge in [-0.3, -0.25) is 4.79 Å². The van der Waals surface area contributed by atoms with Crippen LogP contribution in [0.2, 0.25) is 0 Å². The van der Waals surface area contributed by atoms with Gasteiger partial charge in [-0.15, -0.1) is 0 Å². The van der Waals surface area contributed by atoms with Gasteiger partial charge in [0.05, 0.1) is 0 Å². The highest BCUT2D eigenvalue weighted by atomic mass is 16.1. The zero-order valence-electron chi connectivity index (χ0n) is 7.53. The van der Waals surface area contributed by atoms with Crippen molar-refractivity contribution in [3.8, 4) is 0 Å². The highest BCUT2D eigenvalue weighted by Gasteiger charge is 2.26. The molecule has 0 heterocycles. The van der Waals surface area contributed by atoms with Gasteiger partial charge in [0.25, 0.3) is 0 Å². The molecule has 0 unspecified atom stereocenters. The highest BCUT2D eigenvalue weighted by Crippen LogP contribution is 2.45. The minimum atomic E-state index is 0.0686. The van der Waals surface area contributed by atoms with E-state index in [2.05, 4.69) is 12.1 Å². The second-order valence-corrected chi connectivity index (χ2v) is 3.44. The topological polar surface area (TPSA) is 17.1 Å². The molecular formula is C13H8O. The van der Waals surface area contributed by atoms with Crippen LogP contribution >= 0.6 is 0 Å². The second kappa shape index (κ2) is 2.55. The fourth-order valence-electron chi connectivity index (χ4n) is 1.80. The van der Waals surface area contributed by atoms with Gasteiger partial charge < -0.3 is 0 Å². The summed E-state index contributed by atoms with van der Waals surface area (Å²) in [6, 6.07) is 8.28. The summed E-state index contributed by atoms with van der Waals surface area (Å²) in [5.74, 6) is 0.0686. The van der Waals surface area contributed by atoms with E-state index in [0.717, 1.165) is 5.57 Å². The number of carbonyl (C=O) groups is 1. The van der Waals surface area contributed by atoms with Crippen LogP contribution in [0.1, 0.15) is 11.1 Å². The summed E-state index contributed by atoms with van der Waals surface area (Å²) in [4.78, 5) is 10.9. The first-order valence-corrected chi connectivity index (χ1v) is 4.60. The Morgan fingerprint density at radius 2 is 1.36 bits per heavy atom. The molecule has 1 aromatic rings. The van der Waals surface area contributed by atoms with Crippen LogP contribution in [0.3, 0.4) is 0 Å². The molecular weight excluding hydrogens is 172 g/mol. The average Bonchev–Trinajstić information content (AvgIpc) is 2.93. The molecule has 0 bridgehead atoms. The van der Waals surface area contributed by atoms with Crippen molar-refractivity contribution in [2.24, 2.45) is 0 Å². The molecule has 0 atom stereocenters. The summed E-state index contributed by atoms with van der Waals surface area (Å²) in [5.41, 5.74) is 5.05. The van der Waals surface area contributed by atoms with Crippen molar-refractivity contribution in [1.82, 2.24) is 0 Å². The van der Waals surface area contributed by atoms with E-state index in [0.29, 0.717) is 0 Å². The average molecular weight is 180 g/mol. The van der Waals surface area contributed by atoms with Crippen molar-refractivity contribution in [2.75, 3.05) is 0 Å². The van der Waals surface area contributed by atoms with Crippen molar-refractivity contribution < 1.29 is 4.79 Å². The minimum Gasteiger partial charge on any atom is -0.290 e. The molecule has 1 aromatic carbocycles. The van der Waals surface area contributed by atoms with E-state index < -0.39 is 0 Å². The fraction of sp³-hybridized carbons (Fsp3) is 0. The van der Waals surface area contributed by atoms with Gasteiger partial charge in [0, 0.05) is 0 Å². The van der Waals surface area contributed by atoms with E-state index in [1.807, 2.05) is 24.3 Å². The number of fused-ring (bicyclic) bond motifs is 1. The second-order valence-electron chi connectivity index (χ2n) is 3.44. The predicted molar refractivity (Wildman–Crippen MR) is 55.8 cm³/mol. The number of benzene rings is 1. The molecule has 3 rings (SSSR count). The quantitative estimate of drug-likeness (QED) is 0.608.